The van der Waals surface area contributed by atoms with Crippen LogP contribution in [0, 0.1) is 0 Å². The molecule has 0 saturated heterocycles. The van der Waals surface area contributed by atoms with Crippen LogP contribution in [0.4, 0.5) is 0 Å². The molecule has 4 N–H and O–H groups in total. The van der Waals surface area contributed by atoms with Crippen molar-refractivity contribution in [1.82, 2.24) is 0 Å². The topological polar surface area (TPSA) is 150 Å². The Morgan fingerprint density at radius 3 is 1.30 bits per heavy atom. The number of hydrogen-bond donors (Lipinski definition) is 2. The Hall–Kier alpha value is -3.80. The van der Waals surface area contributed by atoms with Crippen LogP contribution in [-0.2, 0) is 26.2 Å². The molecule has 0 aliphatic rings. The third-order valence-electron chi connectivity index (χ3n) is 4.76. The smallest absolute Gasteiger partial charge is 0.0511 e. The zero-order chi connectivity index (χ0) is 21.3. The summed E-state index contributed by atoms with van der Waals surface area (Å²) in [5.74, 6) is 0. The van der Waals surface area contributed by atoms with Crippen LogP contribution in [-0.4, -0.2) is 0 Å². The highest BCUT2D eigenvalue weighted by Gasteiger charge is 2.06. The van der Waals surface area contributed by atoms with Gasteiger partial charge in [0.15, 0.2) is 0 Å². The van der Waals surface area contributed by atoms with E-state index in [1.807, 2.05) is 36.4 Å². The predicted molar refractivity (Wildman–Crippen MR) is 119 cm³/mol. The molecular formula is C22H22N8. The number of azide groups is 2. The van der Waals surface area contributed by atoms with Gasteiger partial charge in [0.2, 0.25) is 0 Å². The molecule has 8 nitrogen and oxygen atoms in total. The van der Waals surface area contributed by atoms with E-state index < -0.39 is 0 Å². The summed E-state index contributed by atoms with van der Waals surface area (Å²) < 4.78 is 0. The maximum atomic E-state index is 8.61. The minimum atomic E-state index is 0.236. The van der Waals surface area contributed by atoms with E-state index in [-0.39, 0.29) is 13.1 Å². The average Bonchev–Trinajstić information content (AvgIpc) is 2.81. The number of nitrogens with two attached hydrogens (primary N) is 2. The highest BCUT2D eigenvalue weighted by Crippen LogP contribution is 2.28. The first-order valence-corrected chi connectivity index (χ1v) is 9.45. The lowest BCUT2D eigenvalue weighted by molar-refractivity contribution is 1.01. The molecule has 0 unspecified atom stereocenters. The van der Waals surface area contributed by atoms with Crippen molar-refractivity contribution in [1.29, 1.82) is 0 Å². The maximum Gasteiger partial charge on any atom is 0.0511 e. The number of hydrogen-bond acceptors (Lipinski definition) is 4. The fourth-order valence-corrected chi connectivity index (χ4v) is 3.36. The Kier molecular flexibility index (Phi) is 7.05. The summed E-state index contributed by atoms with van der Waals surface area (Å²) in [4.78, 5) is 5.65. The SMILES string of the molecule is [N-]=[N+]=NCc1cc(CN=[N+]=[N-])cc(-c2ccc(-c3cc(CN)cc(CN)c3)cc2)c1. The summed E-state index contributed by atoms with van der Waals surface area (Å²) in [6.45, 7) is 1.40. The normalized spacial score (nSPS) is 10.2. The van der Waals surface area contributed by atoms with Crippen LogP contribution < -0.4 is 11.5 Å². The molecule has 30 heavy (non-hydrogen) atoms. The molecule has 0 radical (unpaired) electrons. The lowest BCUT2D eigenvalue weighted by Crippen LogP contribution is -2.01. The Bertz CT molecular complexity index is 1060. The van der Waals surface area contributed by atoms with Gasteiger partial charge < -0.3 is 11.5 Å². The molecule has 0 aliphatic carbocycles. The van der Waals surface area contributed by atoms with Crippen LogP contribution in [0.2, 0.25) is 0 Å². The van der Waals surface area contributed by atoms with E-state index in [0.29, 0.717) is 13.1 Å². The molecule has 0 heterocycles. The summed E-state index contributed by atoms with van der Waals surface area (Å²) in [5, 5.41) is 7.28. The van der Waals surface area contributed by atoms with Gasteiger partial charge in [-0.15, -0.1) is 0 Å². The molecule has 3 rings (SSSR count). The van der Waals surface area contributed by atoms with E-state index >= 15 is 0 Å². The van der Waals surface area contributed by atoms with Crippen molar-refractivity contribution in [2.24, 2.45) is 21.7 Å². The molecule has 3 aromatic rings. The molecule has 0 spiro atoms. The predicted octanol–water partition coefficient (Wildman–Crippen LogP) is 5.56. The second kappa shape index (κ2) is 10.1. The first-order valence-electron chi connectivity index (χ1n) is 9.45. The second-order valence-electron chi connectivity index (χ2n) is 6.84. The molecule has 0 aliphatic heterocycles. The highest BCUT2D eigenvalue weighted by atomic mass is 15.1. The quantitative estimate of drug-likeness (QED) is 0.290. The third-order valence-corrected chi connectivity index (χ3v) is 4.76. The van der Waals surface area contributed by atoms with Crippen molar-refractivity contribution >= 4 is 0 Å². The van der Waals surface area contributed by atoms with Gasteiger partial charge in [-0.3, -0.25) is 0 Å². The minimum absolute atomic E-state index is 0.236. The van der Waals surface area contributed by atoms with Gasteiger partial charge in [-0.2, -0.15) is 0 Å². The molecule has 0 atom stereocenters. The van der Waals surface area contributed by atoms with E-state index in [1.54, 1.807) is 0 Å². The fourth-order valence-electron chi connectivity index (χ4n) is 3.36. The monoisotopic (exact) mass is 398 g/mol. The van der Waals surface area contributed by atoms with Crippen LogP contribution >= 0.6 is 0 Å². The lowest BCUT2D eigenvalue weighted by Gasteiger charge is -2.11. The minimum Gasteiger partial charge on any atom is -0.326 e. The van der Waals surface area contributed by atoms with Gasteiger partial charge in [-0.05, 0) is 67.7 Å². The summed E-state index contributed by atoms with van der Waals surface area (Å²) in [6, 6.07) is 20.2. The largest absolute Gasteiger partial charge is 0.326 e. The van der Waals surface area contributed by atoms with Crippen LogP contribution in [0.15, 0.2) is 70.9 Å². The summed E-state index contributed by atoms with van der Waals surface area (Å²) in [5.41, 5.74) is 36.8. The van der Waals surface area contributed by atoms with Gasteiger partial charge in [0.25, 0.3) is 0 Å². The average molecular weight is 398 g/mol. The molecule has 3 aromatic carbocycles. The number of nitrogens with zero attached hydrogens (tertiary/aromatic N) is 6. The van der Waals surface area contributed by atoms with Crippen molar-refractivity contribution in [3.8, 4) is 22.3 Å². The molecule has 0 saturated carbocycles. The van der Waals surface area contributed by atoms with E-state index in [4.69, 9.17) is 22.5 Å². The first-order chi connectivity index (χ1) is 14.7. The number of benzene rings is 3. The standard InChI is InChI=1S/C22H22N8/c23-11-15-5-16(12-24)8-21(7-15)19-1-3-20(4-2-19)22-9-17(13-27-29-25)6-18(10-22)14-28-30-26/h1-10H,11-14,23-24H2. The Labute approximate surface area is 174 Å². The van der Waals surface area contributed by atoms with E-state index in [0.717, 1.165) is 44.5 Å². The Balaban J connectivity index is 1.97. The molecule has 150 valence electrons. The van der Waals surface area contributed by atoms with E-state index in [9.17, 15) is 0 Å². The van der Waals surface area contributed by atoms with Gasteiger partial charge in [0.05, 0.1) is 13.1 Å². The van der Waals surface area contributed by atoms with Crippen LogP contribution in [0.25, 0.3) is 43.1 Å². The van der Waals surface area contributed by atoms with Crippen molar-refractivity contribution < 1.29 is 0 Å². The van der Waals surface area contributed by atoms with E-state index in [1.165, 1.54) is 0 Å². The fraction of sp³-hybridized carbons (Fsp3) is 0.182. The third kappa shape index (κ3) is 5.17. The molecule has 0 fully saturated rings. The van der Waals surface area contributed by atoms with Crippen LogP contribution in [0.3, 0.4) is 0 Å². The molecule has 0 aromatic heterocycles. The van der Waals surface area contributed by atoms with Crippen LogP contribution in [0.1, 0.15) is 22.3 Å². The first kappa shape index (κ1) is 20.9. The van der Waals surface area contributed by atoms with Gasteiger partial charge in [0, 0.05) is 22.9 Å². The maximum absolute atomic E-state index is 8.61. The van der Waals surface area contributed by atoms with Gasteiger partial charge in [0.1, 0.15) is 0 Å². The zero-order valence-corrected chi connectivity index (χ0v) is 16.4. The molecule has 0 bridgehead atoms. The summed E-state index contributed by atoms with van der Waals surface area (Å²) in [7, 11) is 0. The summed E-state index contributed by atoms with van der Waals surface area (Å²) >= 11 is 0. The van der Waals surface area contributed by atoms with Gasteiger partial charge in [-0.25, -0.2) is 0 Å². The summed E-state index contributed by atoms with van der Waals surface area (Å²) in [6.07, 6.45) is 0. The van der Waals surface area contributed by atoms with E-state index in [2.05, 4.69) is 44.3 Å². The zero-order valence-electron chi connectivity index (χ0n) is 16.4. The van der Waals surface area contributed by atoms with Crippen molar-refractivity contribution in [3.63, 3.8) is 0 Å². The molecule has 8 heteroatoms. The van der Waals surface area contributed by atoms with Crippen molar-refractivity contribution in [2.75, 3.05) is 0 Å². The lowest BCUT2D eigenvalue weighted by atomic mass is 9.95. The Morgan fingerprint density at radius 2 is 0.933 bits per heavy atom. The number of rotatable bonds is 8. The highest BCUT2D eigenvalue weighted by molar-refractivity contribution is 5.72. The van der Waals surface area contributed by atoms with Gasteiger partial charge in [-0.1, -0.05) is 58.8 Å². The second-order valence-corrected chi connectivity index (χ2v) is 6.84. The Morgan fingerprint density at radius 1 is 0.567 bits per heavy atom. The van der Waals surface area contributed by atoms with Crippen molar-refractivity contribution in [2.45, 2.75) is 26.2 Å². The van der Waals surface area contributed by atoms with Gasteiger partial charge >= 0.3 is 0 Å². The molecule has 0 amide bonds. The van der Waals surface area contributed by atoms with Crippen molar-refractivity contribution in [3.05, 3.63) is 104 Å². The van der Waals surface area contributed by atoms with Crippen LogP contribution in [0.5, 0.6) is 0 Å². The molecular weight excluding hydrogens is 376 g/mol.